The maximum atomic E-state index is 13.7. The number of fused-ring (bicyclic) bond motifs is 1. The first kappa shape index (κ1) is 24.4. The van der Waals surface area contributed by atoms with E-state index >= 15 is 0 Å². The minimum Gasteiger partial charge on any atom is -0.445 e. The zero-order chi connectivity index (χ0) is 25.9. The highest BCUT2D eigenvalue weighted by Crippen LogP contribution is 2.30. The van der Waals surface area contributed by atoms with Crippen molar-refractivity contribution in [1.82, 2.24) is 4.98 Å². The predicted molar refractivity (Wildman–Crippen MR) is 147 cm³/mol. The summed E-state index contributed by atoms with van der Waals surface area (Å²) in [5.74, 6) is -0.920. The number of hydrogen-bond donors (Lipinski definition) is 0. The standard InChI is InChI=1S/C32H24ClNO3/c1-20-12-13-24(18-21(20)2)29-19-27(26-10-6-7-11-28(26)34-29)32(36)37-31(23-14-16-25(33)17-15-23)30(35)22-8-4-3-5-9-22/h3-19,31H,1-2H3/t31-/m1/s1. The number of aromatic nitrogens is 1. The van der Waals surface area contributed by atoms with E-state index in [0.29, 0.717) is 38.3 Å². The van der Waals surface area contributed by atoms with E-state index in [1.807, 2.05) is 49.4 Å². The summed E-state index contributed by atoms with van der Waals surface area (Å²) in [7, 11) is 0. The number of benzene rings is 4. The van der Waals surface area contributed by atoms with Gasteiger partial charge < -0.3 is 4.74 Å². The van der Waals surface area contributed by atoms with Gasteiger partial charge in [0.1, 0.15) is 0 Å². The van der Waals surface area contributed by atoms with E-state index < -0.39 is 12.1 Å². The van der Waals surface area contributed by atoms with Crippen molar-refractivity contribution in [2.75, 3.05) is 0 Å². The van der Waals surface area contributed by atoms with E-state index in [-0.39, 0.29) is 5.78 Å². The molecule has 4 nitrogen and oxygen atoms in total. The quantitative estimate of drug-likeness (QED) is 0.173. The number of hydrogen-bond acceptors (Lipinski definition) is 4. The highest BCUT2D eigenvalue weighted by atomic mass is 35.5. The van der Waals surface area contributed by atoms with E-state index in [2.05, 4.69) is 13.0 Å². The van der Waals surface area contributed by atoms with Crippen LogP contribution in [0.5, 0.6) is 0 Å². The van der Waals surface area contributed by atoms with Crippen molar-refractivity contribution in [3.63, 3.8) is 0 Å². The molecule has 0 radical (unpaired) electrons. The van der Waals surface area contributed by atoms with Gasteiger partial charge in [-0.25, -0.2) is 9.78 Å². The first-order valence-corrected chi connectivity index (χ1v) is 12.3. The fourth-order valence-electron chi connectivity index (χ4n) is 4.23. The minimum atomic E-state index is -1.14. The summed E-state index contributed by atoms with van der Waals surface area (Å²) in [4.78, 5) is 32.0. The Bertz CT molecular complexity index is 1610. The molecule has 5 rings (SSSR count). The molecule has 1 atom stereocenters. The van der Waals surface area contributed by atoms with E-state index in [1.54, 1.807) is 54.6 Å². The molecule has 5 heteroatoms. The number of aryl methyl sites for hydroxylation is 2. The molecule has 0 aliphatic rings. The van der Waals surface area contributed by atoms with Gasteiger partial charge in [0.15, 0.2) is 6.10 Å². The summed E-state index contributed by atoms with van der Waals surface area (Å²) in [5.41, 5.74) is 5.87. The van der Waals surface area contributed by atoms with Crippen molar-refractivity contribution in [3.8, 4) is 11.3 Å². The molecule has 0 saturated heterocycles. The maximum absolute atomic E-state index is 13.7. The van der Waals surface area contributed by atoms with Crippen LogP contribution in [0, 0.1) is 13.8 Å². The number of pyridine rings is 1. The lowest BCUT2D eigenvalue weighted by Crippen LogP contribution is -2.20. The Balaban J connectivity index is 1.58. The molecule has 0 amide bonds. The van der Waals surface area contributed by atoms with Crippen molar-refractivity contribution in [2.45, 2.75) is 20.0 Å². The third kappa shape index (κ3) is 5.16. The molecular formula is C32H24ClNO3. The Morgan fingerprint density at radius 3 is 2.22 bits per heavy atom. The van der Waals surface area contributed by atoms with Gasteiger partial charge in [0, 0.05) is 27.1 Å². The lowest BCUT2D eigenvalue weighted by atomic mass is 9.99. The molecule has 1 aromatic heterocycles. The first-order valence-electron chi connectivity index (χ1n) is 11.9. The summed E-state index contributed by atoms with van der Waals surface area (Å²) < 4.78 is 5.96. The van der Waals surface area contributed by atoms with Crippen LogP contribution in [0.1, 0.15) is 43.5 Å². The second kappa shape index (κ2) is 10.4. The van der Waals surface area contributed by atoms with Gasteiger partial charge in [0.05, 0.1) is 16.8 Å². The zero-order valence-electron chi connectivity index (χ0n) is 20.4. The second-order valence-electron chi connectivity index (χ2n) is 8.94. The Hall–Kier alpha value is -4.28. The summed E-state index contributed by atoms with van der Waals surface area (Å²) >= 11 is 6.08. The van der Waals surface area contributed by atoms with Crippen LogP contribution in [0.3, 0.4) is 0 Å². The molecule has 0 unspecified atom stereocenters. The Morgan fingerprint density at radius 1 is 0.784 bits per heavy atom. The molecule has 0 fully saturated rings. The number of carbonyl (C=O) groups is 2. The van der Waals surface area contributed by atoms with Crippen molar-refractivity contribution in [1.29, 1.82) is 0 Å². The highest BCUT2D eigenvalue weighted by Gasteiger charge is 2.28. The number of ketones is 1. The molecular weight excluding hydrogens is 482 g/mol. The smallest absolute Gasteiger partial charge is 0.339 e. The van der Waals surface area contributed by atoms with Crippen LogP contribution >= 0.6 is 11.6 Å². The fraction of sp³-hybridized carbons (Fsp3) is 0.0938. The number of esters is 1. The number of Topliss-reactive ketones (excluding diaryl/α,β-unsaturated/α-hetero) is 1. The van der Waals surface area contributed by atoms with Crippen molar-refractivity contribution in [2.24, 2.45) is 0 Å². The number of rotatable bonds is 6. The fourth-order valence-corrected chi connectivity index (χ4v) is 4.35. The van der Waals surface area contributed by atoms with Gasteiger partial charge in [-0.05, 0) is 55.3 Å². The zero-order valence-corrected chi connectivity index (χ0v) is 21.2. The van der Waals surface area contributed by atoms with Gasteiger partial charge >= 0.3 is 5.97 Å². The maximum Gasteiger partial charge on any atom is 0.339 e. The van der Waals surface area contributed by atoms with E-state index in [1.165, 1.54) is 5.56 Å². The average Bonchev–Trinajstić information content (AvgIpc) is 2.93. The number of nitrogens with zero attached hydrogens (tertiary/aromatic N) is 1. The van der Waals surface area contributed by atoms with E-state index in [9.17, 15) is 9.59 Å². The molecule has 1 heterocycles. The van der Waals surface area contributed by atoms with Crippen LogP contribution in [-0.4, -0.2) is 16.7 Å². The lowest BCUT2D eigenvalue weighted by Gasteiger charge is -2.19. The monoisotopic (exact) mass is 505 g/mol. The predicted octanol–water partition coefficient (Wildman–Crippen LogP) is 7.95. The molecule has 4 aromatic carbocycles. The van der Waals surface area contributed by atoms with Crippen molar-refractivity contribution >= 4 is 34.3 Å². The van der Waals surface area contributed by atoms with Crippen LogP contribution in [0.2, 0.25) is 5.02 Å². The molecule has 182 valence electrons. The van der Waals surface area contributed by atoms with Gasteiger partial charge in [0.2, 0.25) is 5.78 Å². The van der Waals surface area contributed by atoms with E-state index in [0.717, 1.165) is 11.1 Å². The molecule has 0 N–H and O–H groups in total. The third-order valence-corrected chi connectivity index (χ3v) is 6.68. The van der Waals surface area contributed by atoms with Crippen LogP contribution in [0.25, 0.3) is 22.2 Å². The van der Waals surface area contributed by atoms with Crippen molar-refractivity contribution in [3.05, 3.63) is 136 Å². The summed E-state index contributed by atoms with van der Waals surface area (Å²) in [6.45, 7) is 4.09. The van der Waals surface area contributed by atoms with Crippen LogP contribution in [0.4, 0.5) is 0 Å². The van der Waals surface area contributed by atoms with E-state index in [4.69, 9.17) is 21.3 Å². The summed E-state index contributed by atoms with van der Waals surface area (Å²) in [5, 5.41) is 1.18. The van der Waals surface area contributed by atoms with Crippen LogP contribution in [0.15, 0.2) is 103 Å². The molecule has 37 heavy (non-hydrogen) atoms. The second-order valence-corrected chi connectivity index (χ2v) is 9.37. The van der Waals surface area contributed by atoms with Gasteiger partial charge in [-0.1, -0.05) is 84.4 Å². The largest absolute Gasteiger partial charge is 0.445 e. The molecule has 0 spiro atoms. The Labute approximate surface area is 220 Å². The molecule has 0 bridgehead atoms. The Morgan fingerprint density at radius 2 is 1.49 bits per heavy atom. The topological polar surface area (TPSA) is 56.3 Å². The molecule has 5 aromatic rings. The summed E-state index contributed by atoms with van der Waals surface area (Å²) in [6, 6.07) is 30.8. The molecule has 0 aliphatic carbocycles. The van der Waals surface area contributed by atoms with Gasteiger partial charge in [-0.2, -0.15) is 0 Å². The SMILES string of the molecule is Cc1ccc(-c2cc(C(=O)O[C@@H](C(=O)c3ccccc3)c3ccc(Cl)cc3)c3ccccc3n2)cc1C. The lowest BCUT2D eigenvalue weighted by molar-refractivity contribution is 0.0282. The molecule has 0 aliphatic heterocycles. The van der Waals surface area contributed by atoms with Crippen molar-refractivity contribution < 1.29 is 14.3 Å². The third-order valence-electron chi connectivity index (χ3n) is 6.43. The highest BCUT2D eigenvalue weighted by molar-refractivity contribution is 6.30. The van der Waals surface area contributed by atoms with Gasteiger partial charge in [0.25, 0.3) is 0 Å². The molecule has 0 saturated carbocycles. The number of para-hydroxylation sites is 1. The van der Waals surface area contributed by atoms with Crippen LogP contribution < -0.4 is 0 Å². The van der Waals surface area contributed by atoms with Gasteiger partial charge in [-0.3, -0.25) is 4.79 Å². The minimum absolute atomic E-state index is 0.316. The number of carbonyl (C=O) groups excluding carboxylic acids is 2. The normalized spacial score (nSPS) is 11.8. The first-order chi connectivity index (χ1) is 17.9. The van der Waals surface area contributed by atoms with Gasteiger partial charge in [-0.15, -0.1) is 0 Å². The average molecular weight is 506 g/mol. The Kier molecular flexibility index (Phi) is 6.85. The summed E-state index contributed by atoms with van der Waals surface area (Å²) in [6.07, 6.45) is -1.14. The van der Waals surface area contributed by atoms with Crippen LogP contribution in [-0.2, 0) is 4.74 Å². The number of halogens is 1. The number of ether oxygens (including phenoxy) is 1.